The fourth-order valence-electron chi connectivity index (χ4n) is 2.84. The number of rotatable bonds is 7. The van der Waals surface area contributed by atoms with Gasteiger partial charge in [-0.05, 0) is 18.6 Å². The number of amides is 1. The van der Waals surface area contributed by atoms with Crippen LogP contribution in [0.15, 0.2) is 41.4 Å². The predicted octanol–water partition coefficient (Wildman–Crippen LogP) is 2.64. The molecule has 0 saturated heterocycles. The number of nitrogens with zero attached hydrogens (tertiary/aromatic N) is 3. The molecule has 0 spiro atoms. The molecule has 6 nitrogen and oxygen atoms in total. The van der Waals surface area contributed by atoms with Gasteiger partial charge in [-0.25, -0.2) is 8.42 Å². The van der Waals surface area contributed by atoms with E-state index in [1.54, 1.807) is 37.4 Å². The highest BCUT2D eigenvalue weighted by molar-refractivity contribution is 7.89. The van der Waals surface area contributed by atoms with E-state index in [-0.39, 0.29) is 10.8 Å². The second-order valence-electron chi connectivity index (χ2n) is 6.41. The average Bonchev–Trinajstić information content (AvgIpc) is 2.99. The van der Waals surface area contributed by atoms with Crippen LogP contribution in [0.4, 0.5) is 0 Å². The summed E-state index contributed by atoms with van der Waals surface area (Å²) in [5.41, 5.74) is 2.54. The van der Waals surface area contributed by atoms with Crippen molar-refractivity contribution in [2.45, 2.75) is 32.2 Å². The van der Waals surface area contributed by atoms with Gasteiger partial charge in [-0.15, -0.1) is 0 Å². The lowest BCUT2D eigenvalue weighted by Crippen LogP contribution is -2.30. The van der Waals surface area contributed by atoms with Gasteiger partial charge in [0, 0.05) is 39.9 Å². The quantitative estimate of drug-likeness (QED) is 0.745. The molecule has 0 unspecified atom stereocenters. The number of hydrogen-bond acceptors (Lipinski definition) is 3. The van der Waals surface area contributed by atoms with Crippen LogP contribution in [0.3, 0.4) is 0 Å². The van der Waals surface area contributed by atoms with Crippen molar-refractivity contribution in [1.29, 1.82) is 0 Å². The van der Waals surface area contributed by atoms with Crippen LogP contribution in [0.5, 0.6) is 0 Å². The summed E-state index contributed by atoms with van der Waals surface area (Å²) in [7, 11) is -0.179. The first-order chi connectivity index (χ1) is 12.2. The highest BCUT2D eigenvalue weighted by atomic mass is 32.2. The summed E-state index contributed by atoms with van der Waals surface area (Å²) in [5.74, 6) is -0.214. The first-order valence-electron chi connectivity index (χ1n) is 8.68. The van der Waals surface area contributed by atoms with Crippen LogP contribution in [-0.2, 0) is 23.6 Å². The minimum absolute atomic E-state index is 0.149. The molecule has 142 valence electrons. The van der Waals surface area contributed by atoms with Crippen LogP contribution in [-0.4, -0.2) is 48.2 Å². The lowest BCUT2D eigenvalue weighted by Gasteiger charge is -2.18. The molecule has 0 N–H and O–H groups in total. The molecule has 0 aliphatic carbocycles. The molecule has 2 aromatic rings. The molecule has 7 heteroatoms. The number of hydrogen-bond donors (Lipinski definition) is 0. The standard InChI is InChI=1S/C19H27N3O3S/c1-6-22(7-2)26(24,25)17-12-18(20(4)14-17)19(23)21(5)13-16-10-8-15(3)9-11-16/h8-12,14H,6-7,13H2,1-5H3. The topological polar surface area (TPSA) is 62.6 Å². The Morgan fingerprint density at radius 2 is 1.69 bits per heavy atom. The van der Waals surface area contributed by atoms with Crippen molar-refractivity contribution in [3.63, 3.8) is 0 Å². The number of aromatic nitrogens is 1. The molecule has 2 rings (SSSR count). The Labute approximate surface area is 156 Å². The SMILES string of the molecule is CCN(CC)S(=O)(=O)c1cc(C(=O)N(C)Cc2ccc(C)cc2)n(C)c1. The van der Waals surface area contributed by atoms with E-state index in [0.717, 1.165) is 11.1 Å². The third-order valence-corrected chi connectivity index (χ3v) is 6.44. The molecule has 0 fully saturated rings. The van der Waals surface area contributed by atoms with E-state index in [2.05, 4.69) is 0 Å². The maximum atomic E-state index is 12.8. The molecule has 0 saturated carbocycles. The summed E-state index contributed by atoms with van der Waals surface area (Å²) in [6.45, 7) is 6.86. The second kappa shape index (κ2) is 8.05. The Morgan fingerprint density at radius 3 is 2.23 bits per heavy atom. The molecule has 0 aliphatic rings. The smallest absolute Gasteiger partial charge is 0.270 e. The second-order valence-corrected chi connectivity index (χ2v) is 8.35. The van der Waals surface area contributed by atoms with Gasteiger partial charge in [-0.1, -0.05) is 43.7 Å². The third-order valence-electron chi connectivity index (χ3n) is 4.43. The summed E-state index contributed by atoms with van der Waals surface area (Å²) in [6.07, 6.45) is 1.50. The lowest BCUT2D eigenvalue weighted by molar-refractivity contribution is 0.0775. The summed E-state index contributed by atoms with van der Waals surface area (Å²) in [5, 5.41) is 0. The third kappa shape index (κ3) is 4.16. The van der Waals surface area contributed by atoms with Crippen molar-refractivity contribution in [2.24, 2.45) is 7.05 Å². The molecule has 26 heavy (non-hydrogen) atoms. The molecule has 0 bridgehead atoms. The largest absolute Gasteiger partial charge is 0.345 e. The van der Waals surface area contributed by atoms with E-state index in [1.807, 2.05) is 31.2 Å². The molecule has 1 amide bonds. The Hall–Kier alpha value is -2.12. The van der Waals surface area contributed by atoms with Crippen LogP contribution in [0, 0.1) is 6.92 Å². The summed E-state index contributed by atoms with van der Waals surface area (Å²) in [6, 6.07) is 9.44. The summed E-state index contributed by atoms with van der Waals surface area (Å²) >= 11 is 0. The van der Waals surface area contributed by atoms with E-state index in [9.17, 15) is 13.2 Å². The molecule has 0 atom stereocenters. The van der Waals surface area contributed by atoms with Crippen LogP contribution in [0.1, 0.15) is 35.5 Å². The highest BCUT2D eigenvalue weighted by Gasteiger charge is 2.26. The van der Waals surface area contributed by atoms with Crippen LogP contribution in [0.2, 0.25) is 0 Å². The van der Waals surface area contributed by atoms with Gasteiger partial charge in [-0.3, -0.25) is 4.79 Å². The van der Waals surface area contributed by atoms with Gasteiger partial charge in [-0.2, -0.15) is 4.31 Å². The maximum absolute atomic E-state index is 12.8. The lowest BCUT2D eigenvalue weighted by atomic mass is 10.1. The zero-order chi connectivity index (χ0) is 19.5. The minimum atomic E-state index is -3.58. The normalized spacial score (nSPS) is 11.8. The number of aryl methyl sites for hydroxylation is 2. The van der Waals surface area contributed by atoms with Crippen molar-refractivity contribution < 1.29 is 13.2 Å². The average molecular weight is 378 g/mol. The fourth-order valence-corrected chi connectivity index (χ4v) is 4.37. The summed E-state index contributed by atoms with van der Waals surface area (Å²) in [4.78, 5) is 14.5. The Kier molecular flexibility index (Phi) is 6.26. The number of carbonyl (C=O) groups is 1. The monoisotopic (exact) mass is 377 g/mol. The van der Waals surface area contributed by atoms with Gasteiger partial charge in [0.15, 0.2) is 0 Å². The minimum Gasteiger partial charge on any atom is -0.345 e. The molecule has 0 radical (unpaired) electrons. The van der Waals surface area contributed by atoms with Crippen LogP contribution in [0.25, 0.3) is 0 Å². The van der Waals surface area contributed by atoms with Crippen LogP contribution >= 0.6 is 0 Å². The summed E-state index contributed by atoms with van der Waals surface area (Å²) < 4.78 is 28.3. The van der Waals surface area contributed by atoms with Crippen molar-refractivity contribution in [2.75, 3.05) is 20.1 Å². The zero-order valence-corrected chi connectivity index (χ0v) is 16.9. The molecule has 1 aromatic heterocycles. The first-order valence-corrected chi connectivity index (χ1v) is 10.1. The molecule has 1 heterocycles. The molecular formula is C19H27N3O3S. The van der Waals surface area contributed by atoms with E-state index in [0.29, 0.717) is 25.3 Å². The van der Waals surface area contributed by atoms with Gasteiger partial charge in [0.1, 0.15) is 10.6 Å². The van der Waals surface area contributed by atoms with Gasteiger partial charge >= 0.3 is 0 Å². The van der Waals surface area contributed by atoms with E-state index in [1.165, 1.54) is 16.6 Å². The van der Waals surface area contributed by atoms with Gasteiger partial charge in [0.2, 0.25) is 10.0 Å². The van der Waals surface area contributed by atoms with Crippen molar-refractivity contribution in [1.82, 2.24) is 13.8 Å². The van der Waals surface area contributed by atoms with Crippen molar-refractivity contribution in [3.05, 3.63) is 53.3 Å². The Morgan fingerprint density at radius 1 is 1.12 bits per heavy atom. The van der Waals surface area contributed by atoms with Gasteiger partial charge in [0.05, 0.1) is 0 Å². The fraction of sp³-hybridized carbons (Fsp3) is 0.421. The van der Waals surface area contributed by atoms with Gasteiger partial charge < -0.3 is 9.47 Å². The van der Waals surface area contributed by atoms with E-state index >= 15 is 0 Å². The highest BCUT2D eigenvalue weighted by Crippen LogP contribution is 2.20. The number of sulfonamides is 1. The van der Waals surface area contributed by atoms with Crippen molar-refractivity contribution >= 4 is 15.9 Å². The zero-order valence-electron chi connectivity index (χ0n) is 16.1. The Balaban J connectivity index is 2.24. The molecular weight excluding hydrogens is 350 g/mol. The molecule has 0 aliphatic heterocycles. The first kappa shape index (κ1) is 20.2. The van der Waals surface area contributed by atoms with Gasteiger partial charge in [0.25, 0.3) is 5.91 Å². The van der Waals surface area contributed by atoms with Crippen LogP contribution < -0.4 is 0 Å². The Bertz CT molecular complexity index is 866. The van der Waals surface area contributed by atoms with Crippen molar-refractivity contribution in [3.8, 4) is 0 Å². The van der Waals surface area contributed by atoms with E-state index in [4.69, 9.17) is 0 Å². The maximum Gasteiger partial charge on any atom is 0.270 e. The van der Waals surface area contributed by atoms with E-state index < -0.39 is 10.0 Å². The predicted molar refractivity (Wildman–Crippen MR) is 102 cm³/mol. The number of carbonyl (C=O) groups excluding carboxylic acids is 1. The number of benzene rings is 1. The molecule has 1 aromatic carbocycles.